The molecule has 1 aliphatic carbocycles. The molecule has 11 heteroatoms. The number of benzene rings is 2. The van der Waals surface area contributed by atoms with Crippen molar-refractivity contribution in [1.29, 1.82) is 5.26 Å². The summed E-state index contributed by atoms with van der Waals surface area (Å²) >= 11 is 0. The molecule has 0 bridgehead atoms. The molecule has 1 aliphatic heterocycles. The van der Waals surface area contributed by atoms with Gasteiger partial charge >= 0.3 is 11.8 Å². The van der Waals surface area contributed by atoms with Gasteiger partial charge in [-0.05, 0) is 75.8 Å². The summed E-state index contributed by atoms with van der Waals surface area (Å²) in [5.74, 6) is 6.57. The molecule has 45 heavy (non-hydrogen) atoms. The number of alkyl carbamates (subject to hydrolysis) is 1. The van der Waals surface area contributed by atoms with Gasteiger partial charge < -0.3 is 15.0 Å². The van der Waals surface area contributed by atoms with Crippen LogP contribution in [0, 0.1) is 23.2 Å². The zero-order chi connectivity index (χ0) is 31.9. The number of nitriles is 1. The highest BCUT2D eigenvalue weighted by Crippen LogP contribution is 2.36. The number of anilines is 1. The number of nitrogens with one attached hydrogen (secondary N) is 1. The Morgan fingerprint density at radius 2 is 1.84 bits per heavy atom. The molecule has 1 N–H and O–H groups in total. The van der Waals surface area contributed by atoms with Crippen LogP contribution in [0.25, 0.3) is 21.9 Å². The molecule has 1 amide bonds. The third-order valence-electron chi connectivity index (χ3n) is 8.26. The van der Waals surface area contributed by atoms with Gasteiger partial charge in [-0.2, -0.15) is 10.2 Å². The highest BCUT2D eigenvalue weighted by Gasteiger charge is 2.33. The lowest BCUT2D eigenvalue weighted by atomic mass is 10.00. The SMILES string of the molecule is CC#CCn1c(N2CCC[C@@H](NC(=O)OC(C)(C)C)C2)nc2c1c(=O)n(Cc1ccc(C#N)c3ccccc13)c(=O)n2C1CC1. The highest BCUT2D eigenvalue weighted by atomic mass is 16.6. The van der Waals surface area contributed by atoms with Crippen LogP contribution in [0.1, 0.15) is 70.5 Å². The molecule has 0 unspecified atom stereocenters. The average molecular weight is 608 g/mol. The van der Waals surface area contributed by atoms with Crippen LogP contribution in [-0.2, 0) is 17.8 Å². The Balaban J connectivity index is 1.46. The van der Waals surface area contributed by atoms with Gasteiger partial charge in [-0.15, -0.1) is 5.92 Å². The number of nitrogens with zero attached hydrogens (tertiary/aromatic N) is 6. The summed E-state index contributed by atoms with van der Waals surface area (Å²) in [4.78, 5) is 48.0. The van der Waals surface area contributed by atoms with E-state index in [1.54, 1.807) is 17.6 Å². The van der Waals surface area contributed by atoms with Crippen molar-refractivity contribution in [2.45, 2.75) is 84.2 Å². The summed E-state index contributed by atoms with van der Waals surface area (Å²) in [5, 5.41) is 14.2. The first-order valence-corrected chi connectivity index (χ1v) is 15.4. The molecule has 2 fully saturated rings. The van der Waals surface area contributed by atoms with Crippen LogP contribution in [0.4, 0.5) is 10.7 Å². The van der Waals surface area contributed by atoms with E-state index in [4.69, 9.17) is 9.72 Å². The Morgan fingerprint density at radius 3 is 2.53 bits per heavy atom. The Bertz CT molecular complexity index is 2030. The number of hydrogen-bond donors (Lipinski definition) is 1. The fraction of sp³-hybridized carbons (Fsp3) is 0.441. The van der Waals surface area contributed by atoms with Crippen molar-refractivity contribution < 1.29 is 9.53 Å². The predicted octanol–water partition coefficient (Wildman–Crippen LogP) is 4.28. The van der Waals surface area contributed by atoms with E-state index >= 15 is 0 Å². The molecule has 0 spiro atoms. The number of rotatable bonds is 6. The van der Waals surface area contributed by atoms with Gasteiger partial charge in [0.2, 0.25) is 5.95 Å². The van der Waals surface area contributed by atoms with Crippen LogP contribution in [0.15, 0.2) is 46.0 Å². The Hall–Kier alpha value is -5.03. The lowest BCUT2D eigenvalue weighted by molar-refractivity contribution is 0.0499. The minimum Gasteiger partial charge on any atom is -0.444 e. The highest BCUT2D eigenvalue weighted by molar-refractivity contribution is 5.90. The van der Waals surface area contributed by atoms with Crippen molar-refractivity contribution in [1.82, 2.24) is 24.0 Å². The van der Waals surface area contributed by atoms with Gasteiger partial charge in [0.15, 0.2) is 11.2 Å². The molecule has 1 saturated heterocycles. The molecular formula is C34H37N7O4. The first-order chi connectivity index (χ1) is 21.6. The second-order valence-corrected chi connectivity index (χ2v) is 12.7. The van der Waals surface area contributed by atoms with E-state index in [2.05, 4.69) is 28.1 Å². The number of aromatic nitrogens is 4. The summed E-state index contributed by atoms with van der Waals surface area (Å²) in [6, 6.07) is 13.1. The van der Waals surface area contributed by atoms with Crippen LogP contribution in [0.3, 0.4) is 0 Å². The minimum atomic E-state index is -0.609. The molecule has 2 aromatic carbocycles. The van der Waals surface area contributed by atoms with Crippen molar-refractivity contribution in [2.24, 2.45) is 0 Å². The molecule has 4 aromatic rings. The number of hydrogen-bond acceptors (Lipinski definition) is 7. The molecule has 232 valence electrons. The zero-order valence-electron chi connectivity index (χ0n) is 26.1. The monoisotopic (exact) mass is 607 g/mol. The van der Waals surface area contributed by atoms with E-state index in [-0.39, 0.29) is 25.2 Å². The maximum atomic E-state index is 14.3. The first kappa shape index (κ1) is 30.0. The zero-order valence-corrected chi connectivity index (χ0v) is 26.1. The van der Waals surface area contributed by atoms with Gasteiger partial charge in [0.05, 0.1) is 24.7 Å². The average Bonchev–Trinajstić information content (AvgIpc) is 3.77. The molecule has 11 nitrogen and oxygen atoms in total. The number of piperidine rings is 1. The summed E-state index contributed by atoms with van der Waals surface area (Å²) in [6.07, 6.45) is 2.77. The maximum Gasteiger partial charge on any atom is 0.407 e. The van der Waals surface area contributed by atoms with E-state index in [1.165, 1.54) is 4.57 Å². The summed E-state index contributed by atoms with van der Waals surface area (Å²) in [6.45, 7) is 8.65. The van der Waals surface area contributed by atoms with Crippen molar-refractivity contribution in [3.8, 4) is 17.9 Å². The lowest BCUT2D eigenvalue weighted by Crippen LogP contribution is -2.49. The van der Waals surface area contributed by atoms with Crippen LogP contribution in [0.2, 0.25) is 0 Å². The van der Waals surface area contributed by atoms with E-state index < -0.39 is 22.9 Å². The van der Waals surface area contributed by atoms with Crippen LogP contribution in [-0.4, -0.2) is 49.5 Å². The number of carbonyl (C=O) groups is 1. The second-order valence-electron chi connectivity index (χ2n) is 12.7. The molecule has 2 aromatic heterocycles. The maximum absolute atomic E-state index is 14.3. The van der Waals surface area contributed by atoms with Gasteiger partial charge in [-0.3, -0.25) is 18.5 Å². The van der Waals surface area contributed by atoms with Crippen molar-refractivity contribution in [2.75, 3.05) is 18.0 Å². The summed E-state index contributed by atoms with van der Waals surface area (Å²) in [7, 11) is 0. The second kappa shape index (κ2) is 11.8. The number of fused-ring (bicyclic) bond motifs is 2. The Morgan fingerprint density at radius 1 is 1.09 bits per heavy atom. The van der Waals surface area contributed by atoms with E-state index in [0.29, 0.717) is 35.8 Å². The standard InChI is InChI=1S/C34H37N7O4/c1-5-6-18-39-28-29(37-31(39)38-17-9-10-24(21-38)36-32(43)45-34(2,3)4)41(25-15-16-25)33(44)40(30(28)42)20-23-14-13-22(19-35)26-11-7-8-12-27(23)26/h7-8,11-14,24-25H,9-10,15-18,20-21H2,1-4H3,(H,36,43)/t24-/m1/s1. The fourth-order valence-electron chi connectivity index (χ4n) is 6.11. The summed E-state index contributed by atoms with van der Waals surface area (Å²) in [5.41, 5.74) is 0.568. The van der Waals surface area contributed by atoms with Crippen molar-refractivity contribution >= 4 is 34.0 Å². The molecule has 2 aliphatic rings. The third-order valence-corrected chi connectivity index (χ3v) is 8.26. The predicted molar refractivity (Wildman–Crippen MR) is 172 cm³/mol. The molecule has 0 radical (unpaired) electrons. The van der Waals surface area contributed by atoms with Gasteiger partial charge in [-0.1, -0.05) is 36.3 Å². The smallest absolute Gasteiger partial charge is 0.407 e. The van der Waals surface area contributed by atoms with Gasteiger partial charge in [0.25, 0.3) is 5.56 Å². The Kier molecular flexibility index (Phi) is 7.88. The van der Waals surface area contributed by atoms with Gasteiger partial charge in [0.1, 0.15) is 5.60 Å². The van der Waals surface area contributed by atoms with Crippen LogP contribution >= 0.6 is 0 Å². The largest absolute Gasteiger partial charge is 0.444 e. The van der Waals surface area contributed by atoms with E-state index in [1.807, 2.05) is 55.7 Å². The first-order valence-electron chi connectivity index (χ1n) is 15.4. The van der Waals surface area contributed by atoms with Crippen LogP contribution in [0.5, 0.6) is 0 Å². The summed E-state index contributed by atoms with van der Waals surface area (Å²) < 4.78 is 10.3. The number of amides is 1. The minimum absolute atomic E-state index is 0.0408. The van der Waals surface area contributed by atoms with E-state index in [0.717, 1.165) is 42.0 Å². The topological polar surface area (TPSA) is 127 Å². The van der Waals surface area contributed by atoms with Crippen molar-refractivity contribution in [3.63, 3.8) is 0 Å². The van der Waals surface area contributed by atoms with Gasteiger partial charge in [-0.25, -0.2) is 9.59 Å². The van der Waals surface area contributed by atoms with Crippen molar-refractivity contribution in [3.05, 3.63) is 68.4 Å². The molecule has 1 saturated carbocycles. The molecular weight excluding hydrogens is 570 g/mol. The Labute approximate surface area is 261 Å². The third kappa shape index (κ3) is 5.91. The normalized spacial score (nSPS) is 16.7. The number of carbonyl (C=O) groups excluding carboxylic acids is 1. The van der Waals surface area contributed by atoms with Gasteiger partial charge in [0, 0.05) is 25.2 Å². The quantitative estimate of drug-likeness (QED) is 0.324. The van der Waals surface area contributed by atoms with Crippen LogP contribution < -0.4 is 21.5 Å². The molecule has 6 rings (SSSR count). The number of ether oxygens (including phenoxy) is 1. The fourth-order valence-corrected chi connectivity index (χ4v) is 6.11. The lowest BCUT2D eigenvalue weighted by Gasteiger charge is -2.34. The van der Waals surface area contributed by atoms with E-state index in [9.17, 15) is 19.6 Å². The molecule has 1 atom stereocenters. The molecule has 3 heterocycles. The number of imidazole rings is 1.